The van der Waals surface area contributed by atoms with Crippen molar-refractivity contribution in [2.45, 2.75) is 43.9 Å². The molecule has 2 aliphatic rings. The summed E-state index contributed by atoms with van der Waals surface area (Å²) in [5.41, 5.74) is 0. The molecule has 20 heavy (non-hydrogen) atoms. The minimum absolute atomic E-state index is 0.00823. The standard InChI is InChI=1S/C14H24N2O3S/c1-14(2)9-16(6-7-20-14)13(18)15-11-5-4-10(8-11)12(17)19-3/h10-11H,4-9H2,1-3H3,(H,15,18)/t10-,11+/m0/s1. The van der Waals surface area contributed by atoms with Crippen molar-refractivity contribution in [2.24, 2.45) is 5.92 Å². The zero-order chi connectivity index (χ0) is 14.8. The van der Waals surface area contributed by atoms with E-state index in [0.29, 0.717) is 6.42 Å². The van der Waals surface area contributed by atoms with Crippen molar-refractivity contribution in [3.63, 3.8) is 0 Å². The van der Waals surface area contributed by atoms with E-state index >= 15 is 0 Å². The zero-order valence-corrected chi connectivity index (χ0v) is 13.3. The molecular weight excluding hydrogens is 276 g/mol. The lowest BCUT2D eigenvalue weighted by molar-refractivity contribution is -0.145. The maximum atomic E-state index is 12.3. The second-order valence-electron chi connectivity index (χ2n) is 6.21. The highest BCUT2D eigenvalue weighted by Crippen LogP contribution is 2.30. The number of esters is 1. The molecule has 1 saturated carbocycles. The molecule has 6 heteroatoms. The van der Waals surface area contributed by atoms with Gasteiger partial charge in [-0.2, -0.15) is 11.8 Å². The van der Waals surface area contributed by atoms with Gasteiger partial charge in [-0.3, -0.25) is 4.79 Å². The molecule has 0 aromatic heterocycles. The van der Waals surface area contributed by atoms with Gasteiger partial charge in [0, 0.05) is 29.6 Å². The van der Waals surface area contributed by atoms with Gasteiger partial charge >= 0.3 is 12.0 Å². The lowest BCUT2D eigenvalue weighted by Crippen LogP contribution is -2.51. The summed E-state index contributed by atoms with van der Waals surface area (Å²) in [6.07, 6.45) is 2.36. The average Bonchev–Trinajstić information content (AvgIpc) is 2.85. The first-order chi connectivity index (χ1) is 9.41. The van der Waals surface area contributed by atoms with Crippen LogP contribution in [0.5, 0.6) is 0 Å². The van der Waals surface area contributed by atoms with Gasteiger partial charge in [0.2, 0.25) is 0 Å². The second kappa shape index (κ2) is 6.24. The molecular formula is C14H24N2O3S. The van der Waals surface area contributed by atoms with E-state index in [9.17, 15) is 9.59 Å². The molecule has 0 aromatic carbocycles. The van der Waals surface area contributed by atoms with Crippen LogP contribution in [0.15, 0.2) is 0 Å². The lowest BCUT2D eigenvalue weighted by atomic mass is 10.1. The van der Waals surface area contributed by atoms with Crippen LogP contribution in [-0.2, 0) is 9.53 Å². The molecule has 0 aromatic rings. The number of thioether (sulfide) groups is 1. The van der Waals surface area contributed by atoms with E-state index in [4.69, 9.17) is 4.74 Å². The van der Waals surface area contributed by atoms with Crippen LogP contribution < -0.4 is 5.32 Å². The molecule has 2 atom stereocenters. The van der Waals surface area contributed by atoms with Gasteiger partial charge in [-0.1, -0.05) is 0 Å². The summed E-state index contributed by atoms with van der Waals surface area (Å²) in [5, 5.41) is 3.07. The molecule has 5 nitrogen and oxygen atoms in total. The number of rotatable bonds is 2. The predicted molar refractivity (Wildman–Crippen MR) is 79.8 cm³/mol. The van der Waals surface area contributed by atoms with E-state index in [1.54, 1.807) is 0 Å². The Bertz CT molecular complexity index is 387. The Morgan fingerprint density at radius 1 is 1.35 bits per heavy atom. The van der Waals surface area contributed by atoms with Gasteiger partial charge in [-0.05, 0) is 33.1 Å². The second-order valence-corrected chi connectivity index (χ2v) is 8.01. The Morgan fingerprint density at radius 2 is 2.10 bits per heavy atom. The first-order valence-electron chi connectivity index (χ1n) is 7.18. The fourth-order valence-corrected chi connectivity index (χ4v) is 4.06. The predicted octanol–water partition coefficient (Wildman–Crippen LogP) is 1.87. The third kappa shape index (κ3) is 3.81. The quantitative estimate of drug-likeness (QED) is 0.791. The van der Waals surface area contributed by atoms with E-state index in [1.807, 2.05) is 16.7 Å². The average molecular weight is 300 g/mol. The third-order valence-electron chi connectivity index (χ3n) is 4.01. The smallest absolute Gasteiger partial charge is 0.317 e. The van der Waals surface area contributed by atoms with E-state index in [1.165, 1.54) is 7.11 Å². The largest absolute Gasteiger partial charge is 0.469 e. The van der Waals surface area contributed by atoms with Crippen LogP contribution in [0.2, 0.25) is 0 Å². The van der Waals surface area contributed by atoms with Crippen LogP contribution in [0.25, 0.3) is 0 Å². The molecule has 114 valence electrons. The maximum absolute atomic E-state index is 12.3. The molecule has 0 bridgehead atoms. The SMILES string of the molecule is COC(=O)[C@H]1CC[C@@H](NC(=O)N2CCSC(C)(C)C2)C1. The molecule has 2 fully saturated rings. The fourth-order valence-electron chi connectivity index (χ4n) is 2.95. The van der Waals surface area contributed by atoms with Crippen LogP contribution in [0.3, 0.4) is 0 Å². The minimum atomic E-state index is -0.155. The monoisotopic (exact) mass is 300 g/mol. The molecule has 1 saturated heterocycles. The molecule has 0 radical (unpaired) electrons. The number of hydrogen-bond donors (Lipinski definition) is 1. The number of amides is 2. The van der Waals surface area contributed by atoms with Gasteiger partial charge in [0.05, 0.1) is 13.0 Å². The van der Waals surface area contributed by atoms with E-state index in [2.05, 4.69) is 19.2 Å². The number of nitrogens with one attached hydrogen (secondary N) is 1. The number of nitrogens with zero attached hydrogens (tertiary/aromatic N) is 1. The molecule has 0 unspecified atom stereocenters. The van der Waals surface area contributed by atoms with Crippen LogP contribution in [0.4, 0.5) is 4.79 Å². The molecule has 0 spiro atoms. The Kier molecular flexibility index (Phi) is 4.83. The summed E-state index contributed by atoms with van der Waals surface area (Å²) in [5.74, 6) is 0.770. The van der Waals surface area contributed by atoms with Crippen molar-refractivity contribution in [3.8, 4) is 0 Å². The van der Waals surface area contributed by atoms with Crippen molar-refractivity contribution in [2.75, 3.05) is 26.0 Å². The highest BCUT2D eigenvalue weighted by Gasteiger charge is 2.34. The summed E-state index contributed by atoms with van der Waals surface area (Å²) >= 11 is 1.91. The van der Waals surface area contributed by atoms with Crippen molar-refractivity contribution in [3.05, 3.63) is 0 Å². The summed E-state index contributed by atoms with van der Waals surface area (Å²) < 4.78 is 4.89. The van der Waals surface area contributed by atoms with E-state index in [-0.39, 0.29) is 28.7 Å². The Labute approximate surface area is 124 Å². The van der Waals surface area contributed by atoms with Crippen molar-refractivity contribution in [1.82, 2.24) is 10.2 Å². The summed E-state index contributed by atoms with van der Waals surface area (Å²) in [6.45, 7) is 5.91. The van der Waals surface area contributed by atoms with Gasteiger partial charge in [-0.25, -0.2) is 4.79 Å². The molecule has 1 aliphatic carbocycles. The Hall–Kier alpha value is -0.910. The van der Waals surface area contributed by atoms with Gasteiger partial charge < -0.3 is 15.0 Å². The van der Waals surface area contributed by atoms with Gasteiger partial charge in [0.25, 0.3) is 0 Å². The zero-order valence-electron chi connectivity index (χ0n) is 12.5. The summed E-state index contributed by atoms with van der Waals surface area (Å²) in [6, 6.07) is 0.109. The van der Waals surface area contributed by atoms with Gasteiger partial charge in [0.1, 0.15) is 0 Å². The number of carbonyl (C=O) groups is 2. The first-order valence-corrected chi connectivity index (χ1v) is 8.17. The van der Waals surface area contributed by atoms with Crippen LogP contribution in [0, 0.1) is 5.92 Å². The fraction of sp³-hybridized carbons (Fsp3) is 0.857. The topological polar surface area (TPSA) is 58.6 Å². The number of urea groups is 1. The highest BCUT2D eigenvalue weighted by atomic mass is 32.2. The molecule has 1 N–H and O–H groups in total. The van der Waals surface area contributed by atoms with Crippen molar-refractivity contribution < 1.29 is 14.3 Å². The van der Waals surface area contributed by atoms with Crippen molar-refractivity contribution >= 4 is 23.8 Å². The number of methoxy groups -OCH3 is 1. The van der Waals surface area contributed by atoms with Gasteiger partial charge in [-0.15, -0.1) is 0 Å². The highest BCUT2D eigenvalue weighted by molar-refractivity contribution is 8.00. The molecule has 1 aliphatic heterocycles. The summed E-state index contributed by atoms with van der Waals surface area (Å²) in [7, 11) is 1.42. The lowest BCUT2D eigenvalue weighted by Gasteiger charge is -2.37. The molecule has 2 rings (SSSR count). The van der Waals surface area contributed by atoms with Crippen molar-refractivity contribution in [1.29, 1.82) is 0 Å². The minimum Gasteiger partial charge on any atom is -0.469 e. The third-order valence-corrected chi connectivity index (χ3v) is 5.30. The Morgan fingerprint density at radius 3 is 2.75 bits per heavy atom. The molecule has 1 heterocycles. The number of carbonyl (C=O) groups excluding carboxylic acids is 2. The van der Waals surface area contributed by atoms with E-state index in [0.717, 1.165) is 31.7 Å². The van der Waals surface area contributed by atoms with Crippen LogP contribution >= 0.6 is 11.8 Å². The molecule has 2 amide bonds. The maximum Gasteiger partial charge on any atom is 0.317 e. The van der Waals surface area contributed by atoms with E-state index < -0.39 is 0 Å². The summed E-state index contributed by atoms with van der Waals surface area (Å²) in [4.78, 5) is 25.7. The number of hydrogen-bond acceptors (Lipinski definition) is 4. The Balaban J connectivity index is 1.82. The van der Waals surface area contributed by atoms with Crippen LogP contribution in [-0.4, -0.2) is 53.6 Å². The first kappa shape index (κ1) is 15.5. The normalized spacial score (nSPS) is 29.1. The van der Waals surface area contributed by atoms with Crippen LogP contribution in [0.1, 0.15) is 33.1 Å². The van der Waals surface area contributed by atoms with Gasteiger partial charge in [0.15, 0.2) is 0 Å². The number of ether oxygens (including phenoxy) is 1.